The van der Waals surface area contributed by atoms with Gasteiger partial charge in [-0.05, 0) is 55.7 Å². The number of aryl methyl sites for hydroxylation is 1. The molecule has 2 rings (SSSR count). The molecular formula is C18H30N2. The molecule has 1 N–H and O–H groups in total. The summed E-state index contributed by atoms with van der Waals surface area (Å²) in [6.07, 6.45) is 13.4. The molecule has 0 spiro atoms. The molecule has 2 heteroatoms. The molecule has 2 nitrogen and oxygen atoms in total. The van der Waals surface area contributed by atoms with E-state index in [1.165, 1.54) is 44.1 Å². The smallest absolute Gasteiger partial charge is 0.0299 e. The van der Waals surface area contributed by atoms with Crippen LogP contribution in [0.2, 0.25) is 0 Å². The summed E-state index contributed by atoms with van der Waals surface area (Å²) < 4.78 is 0. The topological polar surface area (TPSA) is 24.9 Å². The van der Waals surface area contributed by atoms with E-state index in [2.05, 4.69) is 30.2 Å². The average molecular weight is 274 g/mol. The lowest BCUT2D eigenvalue weighted by Crippen LogP contribution is -2.38. The first-order valence-electron chi connectivity index (χ1n) is 8.45. The number of hydrogen-bond acceptors (Lipinski definition) is 2. The van der Waals surface area contributed by atoms with Gasteiger partial charge in [0.05, 0.1) is 0 Å². The number of aromatic nitrogens is 1. The first-order chi connectivity index (χ1) is 9.83. The minimum Gasteiger partial charge on any atom is -0.314 e. The van der Waals surface area contributed by atoms with Crippen LogP contribution < -0.4 is 5.32 Å². The molecule has 0 aromatic carbocycles. The SMILES string of the molecule is CCNC(CCc1cccnc1)C1CCC(CC)CC1. The van der Waals surface area contributed by atoms with Crippen molar-refractivity contribution < 1.29 is 0 Å². The Morgan fingerprint density at radius 3 is 2.65 bits per heavy atom. The van der Waals surface area contributed by atoms with Crippen LogP contribution in [0, 0.1) is 11.8 Å². The molecule has 1 atom stereocenters. The van der Waals surface area contributed by atoms with E-state index >= 15 is 0 Å². The number of pyridine rings is 1. The molecule has 1 aromatic rings. The molecule has 1 saturated carbocycles. The molecule has 1 aliphatic rings. The Bertz CT molecular complexity index is 355. The van der Waals surface area contributed by atoms with Crippen LogP contribution in [0.25, 0.3) is 0 Å². The maximum absolute atomic E-state index is 4.22. The molecule has 0 bridgehead atoms. The third kappa shape index (κ3) is 4.59. The van der Waals surface area contributed by atoms with Crippen molar-refractivity contribution in [2.24, 2.45) is 11.8 Å². The standard InChI is InChI=1S/C18H30N2/c1-3-15-7-10-17(11-8-15)18(20-4-2)12-9-16-6-5-13-19-14-16/h5-6,13-15,17-18,20H,3-4,7-12H2,1-2H3. The largest absolute Gasteiger partial charge is 0.314 e. The van der Waals surface area contributed by atoms with Crippen LogP contribution in [0.4, 0.5) is 0 Å². The average Bonchev–Trinajstić information content (AvgIpc) is 2.52. The van der Waals surface area contributed by atoms with Gasteiger partial charge in [0.2, 0.25) is 0 Å². The van der Waals surface area contributed by atoms with Gasteiger partial charge in [0.25, 0.3) is 0 Å². The van der Waals surface area contributed by atoms with E-state index in [0.717, 1.165) is 24.8 Å². The molecule has 1 heterocycles. The Morgan fingerprint density at radius 2 is 2.05 bits per heavy atom. The van der Waals surface area contributed by atoms with Crippen LogP contribution in [-0.2, 0) is 6.42 Å². The molecule has 0 saturated heterocycles. The summed E-state index contributed by atoms with van der Waals surface area (Å²) >= 11 is 0. The van der Waals surface area contributed by atoms with Gasteiger partial charge in [0, 0.05) is 18.4 Å². The zero-order chi connectivity index (χ0) is 14.2. The molecule has 20 heavy (non-hydrogen) atoms. The molecule has 1 fully saturated rings. The van der Waals surface area contributed by atoms with Crippen molar-refractivity contribution in [3.63, 3.8) is 0 Å². The van der Waals surface area contributed by atoms with Crippen molar-refractivity contribution in [3.8, 4) is 0 Å². The summed E-state index contributed by atoms with van der Waals surface area (Å²) in [5, 5.41) is 3.74. The lowest BCUT2D eigenvalue weighted by atomic mass is 9.76. The quantitative estimate of drug-likeness (QED) is 0.805. The van der Waals surface area contributed by atoms with E-state index in [1.54, 1.807) is 0 Å². The molecule has 1 aliphatic carbocycles. The number of hydrogen-bond donors (Lipinski definition) is 1. The molecule has 1 aromatic heterocycles. The fourth-order valence-electron chi connectivity index (χ4n) is 3.63. The van der Waals surface area contributed by atoms with Crippen LogP contribution in [0.5, 0.6) is 0 Å². The van der Waals surface area contributed by atoms with Crippen molar-refractivity contribution in [1.82, 2.24) is 10.3 Å². The zero-order valence-electron chi connectivity index (χ0n) is 13.1. The first-order valence-corrected chi connectivity index (χ1v) is 8.45. The Labute approximate surface area is 124 Å². The molecule has 0 aliphatic heterocycles. The third-order valence-electron chi connectivity index (χ3n) is 4.97. The van der Waals surface area contributed by atoms with E-state index in [-0.39, 0.29) is 0 Å². The second-order valence-electron chi connectivity index (χ2n) is 6.25. The predicted octanol–water partition coefficient (Wildman–Crippen LogP) is 4.21. The van der Waals surface area contributed by atoms with E-state index in [4.69, 9.17) is 0 Å². The molecule has 0 amide bonds. The summed E-state index contributed by atoms with van der Waals surface area (Å²) in [6.45, 7) is 5.66. The van der Waals surface area contributed by atoms with Crippen LogP contribution >= 0.6 is 0 Å². The third-order valence-corrected chi connectivity index (χ3v) is 4.97. The Hall–Kier alpha value is -0.890. The second kappa shape index (κ2) is 8.41. The maximum atomic E-state index is 4.22. The molecule has 0 radical (unpaired) electrons. The first kappa shape index (κ1) is 15.5. The van der Waals surface area contributed by atoms with Gasteiger partial charge in [-0.3, -0.25) is 4.98 Å². The van der Waals surface area contributed by atoms with Crippen molar-refractivity contribution in [3.05, 3.63) is 30.1 Å². The van der Waals surface area contributed by atoms with Gasteiger partial charge in [-0.2, -0.15) is 0 Å². The van der Waals surface area contributed by atoms with Gasteiger partial charge < -0.3 is 5.32 Å². The van der Waals surface area contributed by atoms with E-state index in [9.17, 15) is 0 Å². The fraction of sp³-hybridized carbons (Fsp3) is 0.722. The number of nitrogens with one attached hydrogen (secondary N) is 1. The summed E-state index contributed by atoms with van der Waals surface area (Å²) in [5.74, 6) is 1.88. The second-order valence-corrected chi connectivity index (χ2v) is 6.25. The van der Waals surface area contributed by atoms with E-state index in [0.29, 0.717) is 6.04 Å². The number of rotatable bonds is 7. The highest BCUT2D eigenvalue weighted by Crippen LogP contribution is 2.33. The molecule has 1 unspecified atom stereocenters. The molecule has 112 valence electrons. The van der Waals surface area contributed by atoms with Gasteiger partial charge in [-0.15, -0.1) is 0 Å². The Kier molecular flexibility index (Phi) is 6.52. The minimum absolute atomic E-state index is 0.693. The lowest BCUT2D eigenvalue weighted by molar-refractivity contribution is 0.212. The van der Waals surface area contributed by atoms with Gasteiger partial charge in [0.15, 0.2) is 0 Å². The number of nitrogens with zero attached hydrogens (tertiary/aromatic N) is 1. The van der Waals surface area contributed by atoms with Crippen molar-refractivity contribution >= 4 is 0 Å². The van der Waals surface area contributed by atoms with Gasteiger partial charge in [-0.25, -0.2) is 0 Å². The van der Waals surface area contributed by atoms with Crippen LogP contribution in [-0.4, -0.2) is 17.6 Å². The summed E-state index contributed by atoms with van der Waals surface area (Å²) in [4.78, 5) is 4.22. The summed E-state index contributed by atoms with van der Waals surface area (Å²) in [6, 6.07) is 4.94. The van der Waals surface area contributed by atoms with Crippen molar-refractivity contribution in [2.45, 2.75) is 64.8 Å². The van der Waals surface area contributed by atoms with Crippen molar-refractivity contribution in [2.75, 3.05) is 6.54 Å². The monoisotopic (exact) mass is 274 g/mol. The Morgan fingerprint density at radius 1 is 1.25 bits per heavy atom. The summed E-state index contributed by atoms with van der Waals surface area (Å²) in [7, 11) is 0. The van der Waals surface area contributed by atoms with Gasteiger partial charge in [-0.1, -0.05) is 39.2 Å². The highest BCUT2D eigenvalue weighted by atomic mass is 14.9. The highest BCUT2D eigenvalue weighted by molar-refractivity contribution is 5.08. The zero-order valence-corrected chi connectivity index (χ0v) is 13.1. The maximum Gasteiger partial charge on any atom is 0.0299 e. The minimum atomic E-state index is 0.693. The van der Waals surface area contributed by atoms with Gasteiger partial charge in [0.1, 0.15) is 0 Å². The Balaban J connectivity index is 1.84. The van der Waals surface area contributed by atoms with Crippen molar-refractivity contribution in [1.29, 1.82) is 0 Å². The van der Waals surface area contributed by atoms with Crippen LogP contribution in [0.3, 0.4) is 0 Å². The van der Waals surface area contributed by atoms with Crippen LogP contribution in [0.1, 0.15) is 57.9 Å². The highest BCUT2D eigenvalue weighted by Gasteiger charge is 2.26. The lowest BCUT2D eigenvalue weighted by Gasteiger charge is -2.34. The summed E-state index contributed by atoms with van der Waals surface area (Å²) in [5.41, 5.74) is 1.37. The van der Waals surface area contributed by atoms with Gasteiger partial charge >= 0.3 is 0 Å². The van der Waals surface area contributed by atoms with Crippen LogP contribution in [0.15, 0.2) is 24.5 Å². The fourth-order valence-corrected chi connectivity index (χ4v) is 3.63. The normalized spacial score (nSPS) is 24.5. The predicted molar refractivity (Wildman–Crippen MR) is 85.8 cm³/mol. The van der Waals surface area contributed by atoms with E-state index in [1.807, 2.05) is 18.5 Å². The molecular weight excluding hydrogens is 244 g/mol. The van der Waals surface area contributed by atoms with E-state index < -0.39 is 0 Å².